The Labute approximate surface area is 193 Å². The van der Waals surface area contributed by atoms with E-state index in [2.05, 4.69) is 22.7 Å². The van der Waals surface area contributed by atoms with Gasteiger partial charge in [-0.05, 0) is 56.6 Å². The quantitative estimate of drug-likeness (QED) is 0.509. The number of carbonyl (C=O) groups excluding carboxylic acids is 1. The van der Waals surface area contributed by atoms with Gasteiger partial charge in [-0.1, -0.05) is 29.8 Å². The molecule has 2 fully saturated rings. The molecule has 2 heterocycles. The van der Waals surface area contributed by atoms with Gasteiger partial charge in [-0.25, -0.2) is 5.43 Å². The molecule has 7 nitrogen and oxygen atoms in total. The number of aromatic hydroxyl groups is 1. The van der Waals surface area contributed by atoms with Gasteiger partial charge < -0.3 is 15.6 Å². The van der Waals surface area contributed by atoms with Crippen molar-refractivity contribution < 1.29 is 14.6 Å². The second-order valence-electron chi connectivity index (χ2n) is 8.72. The Morgan fingerprint density at radius 2 is 1.91 bits per heavy atom. The molecule has 4 rings (SSSR count). The largest absolute Gasteiger partial charge is 0.507 e. The number of rotatable bonds is 7. The van der Waals surface area contributed by atoms with Gasteiger partial charge in [-0.2, -0.15) is 0 Å². The highest BCUT2D eigenvalue weighted by Gasteiger charge is 2.36. The molecule has 0 aliphatic carbocycles. The van der Waals surface area contributed by atoms with E-state index in [4.69, 9.17) is 22.1 Å². The van der Waals surface area contributed by atoms with Gasteiger partial charge in [-0.3, -0.25) is 15.1 Å². The van der Waals surface area contributed by atoms with Crippen LogP contribution in [0.3, 0.4) is 0 Å². The highest BCUT2D eigenvalue weighted by Crippen LogP contribution is 2.41. The number of nitrogens with two attached hydrogens (primary N) is 1. The molecule has 1 amide bonds. The van der Waals surface area contributed by atoms with Crippen molar-refractivity contribution in [1.29, 1.82) is 0 Å². The Bertz CT molecular complexity index is 931. The number of carbonyl (C=O) groups is 1. The zero-order valence-electron chi connectivity index (χ0n) is 18.3. The van der Waals surface area contributed by atoms with Crippen LogP contribution in [0.25, 0.3) is 0 Å². The first-order chi connectivity index (χ1) is 15.4. The van der Waals surface area contributed by atoms with Crippen LogP contribution in [0.4, 0.5) is 0 Å². The smallest absolute Gasteiger partial charge is 0.220 e. The molecule has 3 unspecified atom stereocenters. The Morgan fingerprint density at radius 3 is 2.56 bits per heavy atom. The number of halogens is 1. The van der Waals surface area contributed by atoms with Crippen molar-refractivity contribution in [2.24, 2.45) is 11.7 Å². The number of hydrogen-bond acceptors (Lipinski definition) is 6. The normalized spacial score (nSPS) is 24.5. The molecular formula is C24H31ClN4O3. The predicted octanol–water partition coefficient (Wildman–Crippen LogP) is 2.94. The molecule has 3 atom stereocenters. The predicted molar refractivity (Wildman–Crippen MR) is 125 cm³/mol. The number of hydrogen-bond donors (Lipinski definition) is 4. The molecule has 2 aliphatic rings. The molecule has 2 aliphatic heterocycles. The topological polar surface area (TPSA) is 99.9 Å². The Kier molecular flexibility index (Phi) is 7.20. The number of hydrazine groups is 1. The van der Waals surface area contributed by atoms with Crippen molar-refractivity contribution >= 4 is 17.5 Å². The lowest BCUT2D eigenvalue weighted by Gasteiger charge is -2.30. The van der Waals surface area contributed by atoms with E-state index in [0.717, 1.165) is 43.6 Å². The van der Waals surface area contributed by atoms with Crippen LogP contribution in [0.1, 0.15) is 42.9 Å². The van der Waals surface area contributed by atoms with Crippen LogP contribution in [0.5, 0.6) is 11.5 Å². The molecule has 32 heavy (non-hydrogen) atoms. The van der Waals surface area contributed by atoms with E-state index >= 15 is 0 Å². The standard InChI is InChI=1S/C24H31ClN4O3/c1-15-22(16-2-4-18(25)5-3-16)23(28-27-15)20-7-6-19(14-21(20)30)32-13-12-29-10-8-17(9-11-29)24(26)31/h2-7,14-15,17,22-23,27-28,30H,8-13H2,1H3,(H2,26,31). The molecule has 8 heteroatoms. The van der Waals surface area contributed by atoms with Crippen molar-refractivity contribution in [3.8, 4) is 11.5 Å². The maximum absolute atomic E-state index is 11.3. The Balaban J connectivity index is 1.36. The van der Waals surface area contributed by atoms with Gasteiger partial charge in [0, 0.05) is 41.1 Å². The van der Waals surface area contributed by atoms with E-state index in [1.807, 2.05) is 36.4 Å². The molecule has 2 aromatic carbocycles. The minimum atomic E-state index is -0.198. The third kappa shape index (κ3) is 5.18. The molecule has 5 N–H and O–H groups in total. The molecule has 0 bridgehead atoms. The molecule has 2 aromatic rings. The number of amides is 1. The number of nitrogens with zero attached hydrogens (tertiary/aromatic N) is 1. The summed E-state index contributed by atoms with van der Waals surface area (Å²) in [5, 5.41) is 11.5. The van der Waals surface area contributed by atoms with E-state index in [1.165, 1.54) is 0 Å². The number of primary amides is 1. The van der Waals surface area contributed by atoms with E-state index in [0.29, 0.717) is 17.4 Å². The van der Waals surface area contributed by atoms with Gasteiger partial charge in [0.25, 0.3) is 0 Å². The average Bonchev–Trinajstić information content (AvgIpc) is 3.16. The summed E-state index contributed by atoms with van der Waals surface area (Å²) in [6.45, 7) is 5.12. The van der Waals surface area contributed by atoms with Gasteiger partial charge >= 0.3 is 0 Å². The Hall–Kier alpha value is -2.32. The molecule has 0 aromatic heterocycles. The maximum Gasteiger partial charge on any atom is 0.220 e. The van der Waals surface area contributed by atoms with E-state index in [-0.39, 0.29) is 35.6 Å². The lowest BCUT2D eigenvalue weighted by Crippen LogP contribution is -2.40. The summed E-state index contributed by atoms with van der Waals surface area (Å²) in [6.07, 6.45) is 1.61. The number of piperidine rings is 1. The van der Waals surface area contributed by atoms with Crippen LogP contribution in [-0.2, 0) is 4.79 Å². The van der Waals surface area contributed by atoms with Gasteiger partial charge in [0.15, 0.2) is 0 Å². The van der Waals surface area contributed by atoms with Crippen LogP contribution in [-0.4, -0.2) is 48.2 Å². The zero-order chi connectivity index (χ0) is 22.7. The molecular weight excluding hydrogens is 428 g/mol. The fourth-order valence-electron chi connectivity index (χ4n) is 4.74. The third-order valence-corrected chi connectivity index (χ3v) is 6.87. The molecule has 0 saturated carbocycles. The van der Waals surface area contributed by atoms with Crippen LogP contribution < -0.4 is 21.3 Å². The molecule has 0 spiro atoms. The van der Waals surface area contributed by atoms with Crippen molar-refractivity contribution in [3.05, 3.63) is 58.6 Å². The lowest BCUT2D eigenvalue weighted by atomic mass is 9.84. The number of nitrogens with one attached hydrogen (secondary N) is 2. The highest BCUT2D eigenvalue weighted by molar-refractivity contribution is 6.30. The maximum atomic E-state index is 11.3. The van der Waals surface area contributed by atoms with Crippen molar-refractivity contribution in [1.82, 2.24) is 15.8 Å². The van der Waals surface area contributed by atoms with Crippen LogP contribution in [0, 0.1) is 5.92 Å². The molecule has 172 valence electrons. The number of likely N-dealkylation sites (tertiary alicyclic amines) is 1. The van der Waals surface area contributed by atoms with Crippen LogP contribution in [0.15, 0.2) is 42.5 Å². The first kappa shape index (κ1) is 22.9. The zero-order valence-corrected chi connectivity index (χ0v) is 19.0. The number of phenolic OH excluding ortho intramolecular Hbond substituents is 1. The number of phenols is 1. The average molecular weight is 459 g/mol. The summed E-state index contributed by atoms with van der Waals surface area (Å²) in [5.74, 6) is 0.789. The highest BCUT2D eigenvalue weighted by atomic mass is 35.5. The summed E-state index contributed by atoms with van der Waals surface area (Å²) < 4.78 is 5.88. The van der Waals surface area contributed by atoms with Gasteiger partial charge in [0.1, 0.15) is 18.1 Å². The third-order valence-electron chi connectivity index (χ3n) is 6.62. The SMILES string of the molecule is CC1NNC(c2ccc(OCCN3CCC(C(N)=O)CC3)cc2O)C1c1ccc(Cl)cc1. The summed E-state index contributed by atoms with van der Waals surface area (Å²) in [4.78, 5) is 13.6. The first-order valence-corrected chi connectivity index (χ1v) is 11.5. The molecule has 0 radical (unpaired) electrons. The van der Waals surface area contributed by atoms with Gasteiger partial charge in [-0.15, -0.1) is 0 Å². The fraction of sp³-hybridized carbons (Fsp3) is 0.458. The van der Waals surface area contributed by atoms with Crippen molar-refractivity contribution in [3.63, 3.8) is 0 Å². The van der Waals surface area contributed by atoms with E-state index in [9.17, 15) is 9.90 Å². The molecule has 2 saturated heterocycles. The first-order valence-electron chi connectivity index (χ1n) is 11.2. The van der Waals surface area contributed by atoms with E-state index < -0.39 is 0 Å². The number of benzene rings is 2. The van der Waals surface area contributed by atoms with E-state index in [1.54, 1.807) is 6.07 Å². The Morgan fingerprint density at radius 1 is 1.19 bits per heavy atom. The van der Waals surface area contributed by atoms with Crippen molar-refractivity contribution in [2.45, 2.75) is 37.8 Å². The van der Waals surface area contributed by atoms with Crippen LogP contribution in [0.2, 0.25) is 5.02 Å². The van der Waals surface area contributed by atoms with Gasteiger partial charge in [0.05, 0.1) is 6.04 Å². The summed E-state index contributed by atoms with van der Waals surface area (Å²) in [7, 11) is 0. The minimum Gasteiger partial charge on any atom is -0.507 e. The number of ether oxygens (including phenoxy) is 1. The summed E-state index contributed by atoms with van der Waals surface area (Å²) in [5.41, 5.74) is 14.0. The summed E-state index contributed by atoms with van der Waals surface area (Å²) >= 11 is 6.05. The second-order valence-corrected chi connectivity index (χ2v) is 9.16. The van der Waals surface area contributed by atoms with Gasteiger partial charge in [0.2, 0.25) is 5.91 Å². The summed E-state index contributed by atoms with van der Waals surface area (Å²) in [6, 6.07) is 13.5. The second kappa shape index (κ2) is 10.1. The van der Waals surface area contributed by atoms with Crippen molar-refractivity contribution in [2.75, 3.05) is 26.2 Å². The van der Waals surface area contributed by atoms with Crippen LogP contribution >= 0.6 is 11.6 Å². The minimum absolute atomic E-state index is 0.00485. The fourth-order valence-corrected chi connectivity index (χ4v) is 4.86. The lowest BCUT2D eigenvalue weighted by molar-refractivity contribution is -0.123. The monoisotopic (exact) mass is 458 g/mol.